The predicted molar refractivity (Wildman–Crippen MR) is 87.7 cm³/mol. The summed E-state index contributed by atoms with van der Waals surface area (Å²) in [6.45, 7) is 4.58. The molecule has 0 N–H and O–H groups in total. The van der Waals surface area contributed by atoms with E-state index in [2.05, 4.69) is 12.1 Å². The monoisotopic (exact) mass is 295 g/mol. The summed E-state index contributed by atoms with van der Waals surface area (Å²) in [5.41, 5.74) is 2.10. The number of ether oxygens (including phenoxy) is 1. The molecule has 1 unspecified atom stereocenters. The topological polar surface area (TPSA) is 29.5 Å². The molecule has 22 heavy (non-hydrogen) atoms. The minimum atomic E-state index is -0.123. The van der Waals surface area contributed by atoms with Crippen molar-refractivity contribution < 1.29 is 9.53 Å². The van der Waals surface area contributed by atoms with Crippen LogP contribution in [0.1, 0.15) is 25.5 Å². The van der Waals surface area contributed by atoms with Gasteiger partial charge in [-0.3, -0.25) is 4.79 Å². The first-order valence-corrected chi connectivity index (χ1v) is 7.78. The molecule has 3 nitrogen and oxygen atoms in total. The van der Waals surface area contributed by atoms with Crippen molar-refractivity contribution in [2.45, 2.75) is 26.0 Å². The van der Waals surface area contributed by atoms with E-state index in [1.807, 2.05) is 67.3 Å². The molecule has 0 aromatic heterocycles. The fraction of sp³-hybridized carbons (Fsp3) is 0.316. The minimum Gasteiger partial charge on any atom is -0.378 e. The van der Waals surface area contributed by atoms with Gasteiger partial charge in [0.2, 0.25) is 5.91 Å². The van der Waals surface area contributed by atoms with Crippen LogP contribution in [0.25, 0.3) is 0 Å². The zero-order valence-corrected chi connectivity index (χ0v) is 13.0. The maximum Gasteiger partial charge on any atom is 0.235 e. The third-order valence-electron chi connectivity index (χ3n) is 4.25. The second-order valence-electron chi connectivity index (χ2n) is 5.59. The molecule has 0 aliphatic carbocycles. The highest BCUT2D eigenvalue weighted by atomic mass is 16.5. The Labute approximate surface area is 131 Å². The summed E-state index contributed by atoms with van der Waals surface area (Å²) in [5.74, 6) is 0.0172. The van der Waals surface area contributed by atoms with Gasteiger partial charge in [-0.15, -0.1) is 0 Å². The highest BCUT2D eigenvalue weighted by Gasteiger charge is 2.51. The molecule has 3 heteroatoms. The summed E-state index contributed by atoms with van der Waals surface area (Å²) in [7, 11) is 0. The summed E-state index contributed by atoms with van der Waals surface area (Å²) < 4.78 is 5.70. The van der Waals surface area contributed by atoms with Gasteiger partial charge in [0, 0.05) is 12.3 Å². The Hall–Kier alpha value is -2.13. The molecule has 1 fully saturated rings. The average molecular weight is 295 g/mol. The fourth-order valence-electron chi connectivity index (χ4n) is 3.22. The van der Waals surface area contributed by atoms with Crippen molar-refractivity contribution in [3.8, 4) is 0 Å². The van der Waals surface area contributed by atoms with Crippen LogP contribution in [0.3, 0.4) is 0 Å². The van der Waals surface area contributed by atoms with E-state index >= 15 is 0 Å². The molecule has 2 aromatic carbocycles. The standard InChI is InChI=1S/C19H21NO2/c1-3-22-14(2)17-18(15-10-6-4-7-11-15)20(19(17)21)16-12-8-5-9-13-16/h4-14,17-18H,3H2,1-2H3/t14?,17-,18+/m0/s1. The maximum absolute atomic E-state index is 12.7. The summed E-state index contributed by atoms with van der Waals surface area (Å²) in [6.07, 6.45) is -0.0809. The zero-order valence-electron chi connectivity index (χ0n) is 13.0. The lowest BCUT2D eigenvalue weighted by Gasteiger charge is -2.49. The Kier molecular flexibility index (Phi) is 4.25. The Morgan fingerprint density at radius 1 is 1.05 bits per heavy atom. The van der Waals surface area contributed by atoms with Crippen LogP contribution < -0.4 is 4.90 Å². The number of para-hydroxylation sites is 1. The number of anilines is 1. The largest absolute Gasteiger partial charge is 0.378 e. The molecule has 3 rings (SSSR count). The third kappa shape index (κ3) is 2.53. The van der Waals surface area contributed by atoms with E-state index in [0.29, 0.717) is 6.61 Å². The van der Waals surface area contributed by atoms with E-state index in [0.717, 1.165) is 11.3 Å². The number of rotatable bonds is 5. The first-order chi connectivity index (χ1) is 10.7. The number of carbonyl (C=O) groups is 1. The normalized spacial score (nSPS) is 22.3. The van der Waals surface area contributed by atoms with Crippen molar-refractivity contribution in [2.24, 2.45) is 5.92 Å². The summed E-state index contributed by atoms with van der Waals surface area (Å²) in [6, 6.07) is 20.1. The summed E-state index contributed by atoms with van der Waals surface area (Å²) >= 11 is 0. The molecule has 0 radical (unpaired) electrons. The third-order valence-corrected chi connectivity index (χ3v) is 4.25. The molecule has 3 atom stereocenters. The van der Waals surface area contributed by atoms with E-state index in [1.165, 1.54) is 0 Å². The lowest BCUT2D eigenvalue weighted by atomic mass is 9.78. The van der Waals surface area contributed by atoms with E-state index in [-0.39, 0.29) is 24.0 Å². The quantitative estimate of drug-likeness (QED) is 0.785. The van der Waals surface area contributed by atoms with Gasteiger partial charge in [0.1, 0.15) is 0 Å². The minimum absolute atomic E-state index is 0.0395. The predicted octanol–water partition coefficient (Wildman–Crippen LogP) is 3.82. The molecule has 1 saturated heterocycles. The van der Waals surface area contributed by atoms with E-state index in [4.69, 9.17) is 4.74 Å². The van der Waals surface area contributed by atoms with Crippen LogP contribution in [0.2, 0.25) is 0 Å². The van der Waals surface area contributed by atoms with E-state index < -0.39 is 0 Å². The lowest BCUT2D eigenvalue weighted by Crippen LogP contribution is -2.59. The van der Waals surface area contributed by atoms with Gasteiger partial charge < -0.3 is 9.64 Å². The average Bonchev–Trinajstić information content (AvgIpc) is 2.54. The molecule has 1 amide bonds. The van der Waals surface area contributed by atoms with Crippen molar-refractivity contribution >= 4 is 11.6 Å². The number of nitrogens with zero attached hydrogens (tertiary/aromatic N) is 1. The summed E-state index contributed by atoms with van der Waals surface area (Å²) in [5, 5.41) is 0. The maximum atomic E-state index is 12.7. The van der Waals surface area contributed by atoms with Crippen LogP contribution in [0.5, 0.6) is 0 Å². The SMILES string of the molecule is CCOC(C)[C@@H]1C(=O)N(c2ccccc2)[C@@H]1c1ccccc1. The van der Waals surface area contributed by atoms with Crippen molar-refractivity contribution in [3.63, 3.8) is 0 Å². The van der Waals surface area contributed by atoms with Crippen LogP contribution in [0.4, 0.5) is 5.69 Å². The number of hydrogen-bond acceptors (Lipinski definition) is 2. The summed E-state index contributed by atoms with van der Waals surface area (Å²) in [4.78, 5) is 14.6. The Morgan fingerprint density at radius 2 is 1.64 bits per heavy atom. The highest BCUT2D eigenvalue weighted by Crippen LogP contribution is 2.45. The van der Waals surface area contributed by atoms with Crippen LogP contribution >= 0.6 is 0 Å². The molecule has 1 heterocycles. The number of carbonyl (C=O) groups excluding carboxylic acids is 1. The molecule has 114 valence electrons. The first-order valence-electron chi connectivity index (χ1n) is 7.78. The van der Waals surface area contributed by atoms with Gasteiger partial charge in [-0.25, -0.2) is 0 Å². The van der Waals surface area contributed by atoms with Gasteiger partial charge >= 0.3 is 0 Å². The zero-order chi connectivity index (χ0) is 15.5. The molecule has 1 aliphatic heterocycles. The van der Waals surface area contributed by atoms with Gasteiger partial charge in [-0.2, -0.15) is 0 Å². The van der Waals surface area contributed by atoms with Crippen molar-refractivity contribution in [3.05, 3.63) is 66.2 Å². The van der Waals surface area contributed by atoms with Crippen molar-refractivity contribution in [1.29, 1.82) is 0 Å². The smallest absolute Gasteiger partial charge is 0.235 e. The Balaban J connectivity index is 1.95. The van der Waals surface area contributed by atoms with Crippen molar-refractivity contribution in [2.75, 3.05) is 11.5 Å². The fourth-order valence-corrected chi connectivity index (χ4v) is 3.22. The Bertz CT molecular complexity index is 626. The molecule has 0 bridgehead atoms. The van der Waals surface area contributed by atoms with Crippen LogP contribution in [0.15, 0.2) is 60.7 Å². The van der Waals surface area contributed by atoms with Crippen LogP contribution in [-0.4, -0.2) is 18.6 Å². The molecular formula is C19H21NO2. The van der Waals surface area contributed by atoms with Crippen LogP contribution in [-0.2, 0) is 9.53 Å². The van der Waals surface area contributed by atoms with Gasteiger partial charge in [-0.1, -0.05) is 48.5 Å². The van der Waals surface area contributed by atoms with Gasteiger partial charge in [0.25, 0.3) is 0 Å². The van der Waals surface area contributed by atoms with Gasteiger partial charge in [0.05, 0.1) is 18.1 Å². The van der Waals surface area contributed by atoms with Gasteiger partial charge in [-0.05, 0) is 31.5 Å². The number of amides is 1. The second kappa shape index (κ2) is 6.32. The lowest BCUT2D eigenvalue weighted by molar-refractivity contribution is -0.137. The van der Waals surface area contributed by atoms with Crippen LogP contribution in [0, 0.1) is 5.92 Å². The molecule has 0 saturated carbocycles. The molecular weight excluding hydrogens is 274 g/mol. The van der Waals surface area contributed by atoms with Gasteiger partial charge in [0.15, 0.2) is 0 Å². The molecule has 2 aromatic rings. The number of hydrogen-bond donors (Lipinski definition) is 0. The number of benzene rings is 2. The van der Waals surface area contributed by atoms with E-state index in [1.54, 1.807) is 0 Å². The highest BCUT2D eigenvalue weighted by molar-refractivity contribution is 6.03. The first kappa shape index (κ1) is 14.8. The number of β-lactam (4-membered cyclic amide) rings is 1. The van der Waals surface area contributed by atoms with E-state index in [9.17, 15) is 4.79 Å². The molecule has 0 spiro atoms. The van der Waals surface area contributed by atoms with Crippen molar-refractivity contribution in [1.82, 2.24) is 0 Å². The second-order valence-corrected chi connectivity index (χ2v) is 5.59. The Morgan fingerprint density at radius 3 is 2.23 bits per heavy atom. The molecule has 1 aliphatic rings.